The maximum Gasteiger partial charge on any atom is 0.191 e. The zero-order chi connectivity index (χ0) is 16.7. The first-order valence-corrected chi connectivity index (χ1v) is 7.77. The highest BCUT2D eigenvalue weighted by Crippen LogP contribution is 2.08. The van der Waals surface area contributed by atoms with Gasteiger partial charge in [-0.3, -0.25) is 9.67 Å². The molecule has 0 unspecified atom stereocenters. The molecule has 0 amide bonds. The molecule has 6 heteroatoms. The number of nitrogens with zero attached hydrogens (tertiary/aromatic N) is 3. The number of halogens is 1. The number of aryl methyl sites for hydroxylation is 3. The van der Waals surface area contributed by atoms with E-state index >= 15 is 0 Å². The number of aromatic nitrogens is 2. The van der Waals surface area contributed by atoms with Crippen molar-refractivity contribution in [2.45, 2.75) is 33.4 Å². The lowest BCUT2D eigenvalue weighted by atomic mass is 10.1. The minimum atomic E-state index is -0.179. The largest absolute Gasteiger partial charge is 0.356 e. The molecule has 0 saturated carbocycles. The summed E-state index contributed by atoms with van der Waals surface area (Å²) in [5, 5.41) is 10.7. The van der Waals surface area contributed by atoms with Gasteiger partial charge in [-0.05, 0) is 43.0 Å². The van der Waals surface area contributed by atoms with E-state index in [9.17, 15) is 4.39 Å². The third-order valence-corrected chi connectivity index (χ3v) is 3.54. The average Bonchev–Trinajstić information content (AvgIpc) is 2.95. The van der Waals surface area contributed by atoms with Gasteiger partial charge in [-0.1, -0.05) is 12.1 Å². The number of hydrogen-bond donors (Lipinski definition) is 2. The zero-order valence-corrected chi connectivity index (χ0v) is 13.9. The summed E-state index contributed by atoms with van der Waals surface area (Å²) in [6.07, 6.45) is 4.83. The highest BCUT2D eigenvalue weighted by Gasteiger charge is 2.02. The maximum absolute atomic E-state index is 13.5. The normalized spacial score (nSPS) is 11.6. The van der Waals surface area contributed by atoms with Crippen molar-refractivity contribution >= 4 is 5.96 Å². The lowest BCUT2D eigenvalue weighted by Crippen LogP contribution is -2.37. The highest BCUT2D eigenvalue weighted by molar-refractivity contribution is 5.79. The highest BCUT2D eigenvalue weighted by atomic mass is 19.1. The van der Waals surface area contributed by atoms with Crippen molar-refractivity contribution in [3.63, 3.8) is 0 Å². The van der Waals surface area contributed by atoms with Gasteiger partial charge in [0, 0.05) is 32.9 Å². The zero-order valence-electron chi connectivity index (χ0n) is 13.9. The van der Waals surface area contributed by atoms with Crippen LogP contribution in [0, 0.1) is 19.7 Å². The number of aliphatic imine (C=N–C) groups is 1. The molecule has 0 spiro atoms. The SMILES string of the molecule is CN=C(NCCCn1cc(C)cn1)NCc1ccc(C)c(F)c1. The molecule has 5 nitrogen and oxygen atoms in total. The second kappa shape index (κ2) is 8.31. The van der Waals surface area contributed by atoms with Crippen molar-refractivity contribution in [2.24, 2.45) is 4.99 Å². The standard InChI is InChI=1S/C17H24FN5/c1-13-10-22-23(12-13)8-4-7-20-17(19-3)21-11-15-6-5-14(2)16(18)9-15/h5-6,9-10,12H,4,7-8,11H2,1-3H3,(H2,19,20,21). The second-order valence-electron chi connectivity index (χ2n) is 5.57. The Labute approximate surface area is 136 Å². The van der Waals surface area contributed by atoms with Gasteiger partial charge in [-0.25, -0.2) is 4.39 Å². The van der Waals surface area contributed by atoms with E-state index in [1.54, 1.807) is 26.1 Å². The molecule has 0 atom stereocenters. The summed E-state index contributed by atoms with van der Waals surface area (Å²) in [5.41, 5.74) is 2.72. The van der Waals surface area contributed by atoms with Gasteiger partial charge in [-0.2, -0.15) is 5.10 Å². The summed E-state index contributed by atoms with van der Waals surface area (Å²) in [6.45, 7) is 5.98. The summed E-state index contributed by atoms with van der Waals surface area (Å²) in [5.74, 6) is 0.532. The van der Waals surface area contributed by atoms with Gasteiger partial charge in [0.05, 0.1) is 6.20 Å². The quantitative estimate of drug-likeness (QED) is 0.489. The summed E-state index contributed by atoms with van der Waals surface area (Å²) >= 11 is 0. The number of nitrogens with one attached hydrogen (secondary N) is 2. The van der Waals surface area contributed by atoms with Crippen molar-refractivity contribution in [3.05, 3.63) is 53.1 Å². The summed E-state index contributed by atoms with van der Waals surface area (Å²) in [7, 11) is 1.72. The maximum atomic E-state index is 13.5. The molecule has 23 heavy (non-hydrogen) atoms. The smallest absolute Gasteiger partial charge is 0.191 e. The molecule has 0 aliphatic heterocycles. The van der Waals surface area contributed by atoms with Gasteiger partial charge in [0.2, 0.25) is 0 Å². The predicted octanol–water partition coefficient (Wildman–Crippen LogP) is 2.39. The molecule has 0 radical (unpaired) electrons. The Kier molecular flexibility index (Phi) is 6.14. The molecular weight excluding hydrogens is 293 g/mol. The third kappa shape index (κ3) is 5.39. The van der Waals surface area contributed by atoms with Crippen LogP contribution in [0.4, 0.5) is 4.39 Å². The summed E-state index contributed by atoms with van der Waals surface area (Å²) < 4.78 is 15.4. The molecule has 0 saturated heterocycles. The van der Waals surface area contributed by atoms with Crippen LogP contribution in [0.3, 0.4) is 0 Å². The molecule has 2 aromatic rings. The van der Waals surface area contributed by atoms with E-state index in [1.807, 2.05) is 30.1 Å². The third-order valence-electron chi connectivity index (χ3n) is 3.54. The fourth-order valence-electron chi connectivity index (χ4n) is 2.19. The van der Waals surface area contributed by atoms with E-state index in [0.29, 0.717) is 18.1 Å². The molecular formula is C17H24FN5. The van der Waals surface area contributed by atoms with Crippen LogP contribution < -0.4 is 10.6 Å². The molecule has 0 bridgehead atoms. The molecule has 1 aromatic heterocycles. The topological polar surface area (TPSA) is 54.2 Å². The molecule has 1 aromatic carbocycles. The van der Waals surface area contributed by atoms with E-state index in [-0.39, 0.29) is 5.82 Å². The molecule has 0 aliphatic carbocycles. The van der Waals surface area contributed by atoms with Crippen molar-refractivity contribution < 1.29 is 4.39 Å². The molecule has 124 valence electrons. The summed E-state index contributed by atoms with van der Waals surface area (Å²) in [6, 6.07) is 5.25. The Hall–Kier alpha value is -2.37. The van der Waals surface area contributed by atoms with Crippen LogP contribution in [0.5, 0.6) is 0 Å². The van der Waals surface area contributed by atoms with Crippen LogP contribution in [-0.2, 0) is 13.1 Å². The van der Waals surface area contributed by atoms with Crippen LogP contribution in [0.15, 0.2) is 35.6 Å². The van der Waals surface area contributed by atoms with Crippen LogP contribution in [-0.4, -0.2) is 29.3 Å². The number of guanidine groups is 1. The lowest BCUT2D eigenvalue weighted by molar-refractivity contribution is 0.570. The second-order valence-corrected chi connectivity index (χ2v) is 5.57. The molecule has 0 fully saturated rings. The predicted molar refractivity (Wildman–Crippen MR) is 90.9 cm³/mol. The van der Waals surface area contributed by atoms with Gasteiger partial charge >= 0.3 is 0 Å². The first-order valence-electron chi connectivity index (χ1n) is 7.77. The Bertz CT molecular complexity index is 663. The minimum Gasteiger partial charge on any atom is -0.356 e. The Morgan fingerprint density at radius 3 is 2.78 bits per heavy atom. The van der Waals surface area contributed by atoms with Crippen LogP contribution in [0.25, 0.3) is 0 Å². The van der Waals surface area contributed by atoms with Gasteiger partial charge in [0.15, 0.2) is 5.96 Å². The molecule has 2 rings (SSSR count). The van der Waals surface area contributed by atoms with Crippen molar-refractivity contribution in [1.82, 2.24) is 20.4 Å². The van der Waals surface area contributed by atoms with Gasteiger partial charge in [0.25, 0.3) is 0 Å². The number of benzene rings is 1. The Morgan fingerprint density at radius 1 is 1.30 bits per heavy atom. The van der Waals surface area contributed by atoms with E-state index in [2.05, 4.69) is 20.7 Å². The molecule has 0 aliphatic rings. The summed E-state index contributed by atoms with van der Waals surface area (Å²) in [4.78, 5) is 4.17. The number of hydrogen-bond acceptors (Lipinski definition) is 2. The molecule has 1 heterocycles. The number of rotatable bonds is 6. The monoisotopic (exact) mass is 317 g/mol. The van der Waals surface area contributed by atoms with Crippen LogP contribution >= 0.6 is 0 Å². The van der Waals surface area contributed by atoms with Crippen LogP contribution in [0.2, 0.25) is 0 Å². The first-order chi connectivity index (χ1) is 11.1. The van der Waals surface area contributed by atoms with Crippen molar-refractivity contribution in [1.29, 1.82) is 0 Å². The van der Waals surface area contributed by atoms with Gasteiger partial charge in [-0.15, -0.1) is 0 Å². The first kappa shape index (κ1) is 17.0. The fourth-order valence-corrected chi connectivity index (χ4v) is 2.19. The van der Waals surface area contributed by atoms with Gasteiger partial charge in [0.1, 0.15) is 5.82 Å². The van der Waals surface area contributed by atoms with E-state index < -0.39 is 0 Å². The Morgan fingerprint density at radius 2 is 2.13 bits per heavy atom. The van der Waals surface area contributed by atoms with Crippen molar-refractivity contribution in [3.8, 4) is 0 Å². The Balaban J connectivity index is 1.71. The average molecular weight is 317 g/mol. The molecule has 2 N–H and O–H groups in total. The van der Waals surface area contributed by atoms with E-state index in [1.165, 1.54) is 5.56 Å². The van der Waals surface area contributed by atoms with E-state index in [0.717, 1.165) is 25.1 Å². The lowest BCUT2D eigenvalue weighted by Gasteiger charge is -2.12. The van der Waals surface area contributed by atoms with Crippen molar-refractivity contribution in [2.75, 3.05) is 13.6 Å². The fraction of sp³-hybridized carbons (Fsp3) is 0.412. The van der Waals surface area contributed by atoms with E-state index in [4.69, 9.17) is 0 Å². The van der Waals surface area contributed by atoms with Gasteiger partial charge < -0.3 is 10.6 Å². The minimum absolute atomic E-state index is 0.179. The van der Waals surface area contributed by atoms with Crippen LogP contribution in [0.1, 0.15) is 23.1 Å².